The van der Waals surface area contributed by atoms with Crippen LogP contribution in [0.25, 0.3) is 22.3 Å². The van der Waals surface area contributed by atoms with E-state index in [0.29, 0.717) is 21.9 Å². The molecule has 0 bridgehead atoms. The molecule has 0 amide bonds. The monoisotopic (exact) mass is 289 g/mol. The van der Waals surface area contributed by atoms with Crippen LogP contribution in [-0.2, 0) is 0 Å². The predicted octanol–water partition coefficient (Wildman–Crippen LogP) is 4.91. The van der Waals surface area contributed by atoms with Gasteiger partial charge in [-0.3, -0.25) is 0 Å². The first-order valence-electron chi connectivity index (χ1n) is 6.29. The zero-order valence-corrected chi connectivity index (χ0v) is 11.6. The van der Waals surface area contributed by atoms with Crippen LogP contribution in [-0.4, -0.2) is 0 Å². The Morgan fingerprint density at radius 3 is 2.70 bits per heavy atom. The van der Waals surface area contributed by atoms with Gasteiger partial charge < -0.3 is 10.2 Å². The van der Waals surface area contributed by atoms with Gasteiger partial charge in [-0.15, -0.1) is 0 Å². The van der Waals surface area contributed by atoms with Crippen molar-refractivity contribution in [3.05, 3.63) is 58.9 Å². The maximum absolute atomic E-state index is 13.5. The average molecular weight is 290 g/mol. The fourth-order valence-corrected chi connectivity index (χ4v) is 2.47. The van der Waals surface area contributed by atoms with Gasteiger partial charge in [0.15, 0.2) is 0 Å². The highest BCUT2D eigenvalue weighted by Gasteiger charge is 2.14. The van der Waals surface area contributed by atoms with Gasteiger partial charge in [-0.1, -0.05) is 17.7 Å². The van der Waals surface area contributed by atoms with Crippen LogP contribution in [0.2, 0.25) is 5.02 Å². The van der Waals surface area contributed by atoms with Crippen LogP contribution in [0.5, 0.6) is 0 Å². The standard InChI is InChI=1S/C16H13ClFNO/c1-9(19)13-4-3-12(18)8-14(13)16-7-10-6-11(17)2-5-15(10)20-16/h2-9H,19H2,1H3. The van der Waals surface area contributed by atoms with Gasteiger partial charge in [-0.2, -0.15) is 0 Å². The van der Waals surface area contributed by atoms with E-state index < -0.39 is 0 Å². The molecule has 0 fully saturated rings. The largest absolute Gasteiger partial charge is 0.456 e. The molecule has 0 saturated heterocycles. The fraction of sp³-hybridized carbons (Fsp3) is 0.125. The smallest absolute Gasteiger partial charge is 0.135 e. The van der Waals surface area contributed by atoms with Gasteiger partial charge in [0, 0.05) is 22.0 Å². The summed E-state index contributed by atoms with van der Waals surface area (Å²) in [5.74, 6) is 0.275. The molecule has 0 spiro atoms. The number of nitrogens with two attached hydrogens (primary N) is 1. The quantitative estimate of drug-likeness (QED) is 0.728. The Kier molecular flexibility index (Phi) is 3.24. The first-order chi connectivity index (χ1) is 9.54. The summed E-state index contributed by atoms with van der Waals surface area (Å²) in [6.07, 6.45) is 0. The Hall–Kier alpha value is -1.84. The van der Waals surface area contributed by atoms with Gasteiger partial charge >= 0.3 is 0 Å². The number of hydrogen-bond acceptors (Lipinski definition) is 2. The Morgan fingerprint density at radius 2 is 1.95 bits per heavy atom. The summed E-state index contributed by atoms with van der Waals surface area (Å²) < 4.78 is 19.3. The predicted molar refractivity (Wildman–Crippen MR) is 79.2 cm³/mol. The van der Waals surface area contributed by atoms with Crippen molar-refractivity contribution < 1.29 is 8.81 Å². The van der Waals surface area contributed by atoms with Crippen LogP contribution in [0.15, 0.2) is 46.9 Å². The van der Waals surface area contributed by atoms with Crippen molar-refractivity contribution in [2.45, 2.75) is 13.0 Å². The number of furan rings is 1. The van der Waals surface area contributed by atoms with E-state index in [4.69, 9.17) is 21.8 Å². The summed E-state index contributed by atoms with van der Waals surface area (Å²) >= 11 is 5.96. The maximum Gasteiger partial charge on any atom is 0.135 e. The van der Waals surface area contributed by atoms with Crippen molar-refractivity contribution in [1.29, 1.82) is 0 Å². The van der Waals surface area contributed by atoms with E-state index in [0.717, 1.165) is 10.9 Å². The maximum atomic E-state index is 13.5. The van der Waals surface area contributed by atoms with Crippen LogP contribution in [0.3, 0.4) is 0 Å². The van der Waals surface area contributed by atoms with Gasteiger partial charge in [0.2, 0.25) is 0 Å². The van der Waals surface area contributed by atoms with E-state index in [9.17, 15) is 4.39 Å². The topological polar surface area (TPSA) is 39.2 Å². The molecular formula is C16H13ClFNO. The molecule has 3 aromatic rings. The molecular weight excluding hydrogens is 277 g/mol. The molecule has 2 nitrogen and oxygen atoms in total. The van der Waals surface area contributed by atoms with Gasteiger partial charge in [-0.05, 0) is 48.9 Å². The Morgan fingerprint density at radius 1 is 1.15 bits per heavy atom. The lowest BCUT2D eigenvalue weighted by Gasteiger charge is -2.10. The molecule has 2 aromatic carbocycles. The molecule has 1 atom stereocenters. The molecule has 0 saturated carbocycles. The summed E-state index contributed by atoms with van der Waals surface area (Å²) in [6.45, 7) is 1.86. The van der Waals surface area contributed by atoms with E-state index in [-0.39, 0.29) is 11.9 Å². The zero-order chi connectivity index (χ0) is 14.3. The molecule has 1 unspecified atom stereocenters. The molecule has 20 heavy (non-hydrogen) atoms. The summed E-state index contributed by atoms with van der Waals surface area (Å²) in [4.78, 5) is 0. The van der Waals surface area contributed by atoms with Crippen LogP contribution in [0, 0.1) is 5.82 Å². The third-order valence-electron chi connectivity index (χ3n) is 3.25. The number of benzene rings is 2. The lowest BCUT2D eigenvalue weighted by Crippen LogP contribution is -2.06. The lowest BCUT2D eigenvalue weighted by atomic mass is 10.00. The van der Waals surface area contributed by atoms with Crippen molar-refractivity contribution in [2.24, 2.45) is 5.73 Å². The van der Waals surface area contributed by atoms with Crippen molar-refractivity contribution in [3.63, 3.8) is 0 Å². The highest BCUT2D eigenvalue weighted by Crippen LogP contribution is 2.33. The molecule has 0 aliphatic carbocycles. The summed E-state index contributed by atoms with van der Waals surface area (Å²) in [5, 5.41) is 1.52. The van der Waals surface area contributed by atoms with E-state index in [1.54, 1.807) is 18.2 Å². The Labute approximate surface area is 121 Å². The molecule has 1 aromatic heterocycles. The van der Waals surface area contributed by atoms with Crippen LogP contribution < -0.4 is 5.73 Å². The average Bonchev–Trinajstić information content (AvgIpc) is 2.81. The number of fused-ring (bicyclic) bond motifs is 1. The number of hydrogen-bond donors (Lipinski definition) is 1. The van der Waals surface area contributed by atoms with E-state index in [2.05, 4.69) is 0 Å². The van der Waals surface area contributed by atoms with E-state index in [1.165, 1.54) is 12.1 Å². The zero-order valence-electron chi connectivity index (χ0n) is 10.9. The second kappa shape index (κ2) is 4.93. The SMILES string of the molecule is CC(N)c1ccc(F)cc1-c1cc2cc(Cl)ccc2o1. The molecule has 4 heteroatoms. The molecule has 2 N–H and O–H groups in total. The molecule has 102 valence electrons. The van der Waals surface area contributed by atoms with Crippen molar-refractivity contribution >= 4 is 22.6 Å². The number of rotatable bonds is 2. The minimum Gasteiger partial charge on any atom is -0.456 e. The van der Waals surface area contributed by atoms with Crippen LogP contribution in [0.1, 0.15) is 18.5 Å². The fourth-order valence-electron chi connectivity index (χ4n) is 2.29. The van der Waals surface area contributed by atoms with E-state index >= 15 is 0 Å². The molecule has 1 heterocycles. The second-order valence-electron chi connectivity index (χ2n) is 4.81. The molecule has 0 radical (unpaired) electrons. The lowest BCUT2D eigenvalue weighted by molar-refractivity contribution is 0.614. The molecule has 0 aliphatic rings. The molecule has 3 rings (SSSR count). The first-order valence-corrected chi connectivity index (χ1v) is 6.67. The van der Waals surface area contributed by atoms with Gasteiger partial charge in [-0.25, -0.2) is 4.39 Å². The van der Waals surface area contributed by atoms with Gasteiger partial charge in [0.1, 0.15) is 17.2 Å². The minimum absolute atomic E-state index is 0.206. The van der Waals surface area contributed by atoms with Crippen molar-refractivity contribution in [1.82, 2.24) is 0 Å². The van der Waals surface area contributed by atoms with Crippen molar-refractivity contribution in [2.75, 3.05) is 0 Å². The summed E-state index contributed by atoms with van der Waals surface area (Å²) in [7, 11) is 0. The summed E-state index contributed by atoms with van der Waals surface area (Å²) in [6, 6.07) is 11.6. The highest BCUT2D eigenvalue weighted by molar-refractivity contribution is 6.31. The minimum atomic E-state index is -0.317. The van der Waals surface area contributed by atoms with Gasteiger partial charge in [0.05, 0.1) is 0 Å². The van der Waals surface area contributed by atoms with Crippen LogP contribution in [0.4, 0.5) is 4.39 Å². The number of halogens is 2. The van der Waals surface area contributed by atoms with Crippen molar-refractivity contribution in [3.8, 4) is 11.3 Å². The summed E-state index contributed by atoms with van der Waals surface area (Å²) in [5.41, 5.74) is 8.16. The van der Waals surface area contributed by atoms with Crippen LogP contribution >= 0.6 is 11.6 Å². The third kappa shape index (κ3) is 2.30. The first kappa shape index (κ1) is 13.2. The van der Waals surface area contributed by atoms with E-state index in [1.807, 2.05) is 19.1 Å². The third-order valence-corrected chi connectivity index (χ3v) is 3.48. The molecule has 0 aliphatic heterocycles. The van der Waals surface area contributed by atoms with Gasteiger partial charge in [0.25, 0.3) is 0 Å². The highest BCUT2D eigenvalue weighted by atomic mass is 35.5. The Balaban J connectivity index is 2.22. The second-order valence-corrected chi connectivity index (χ2v) is 5.25. The Bertz CT molecular complexity index is 779. The normalized spacial score (nSPS) is 12.8.